The summed E-state index contributed by atoms with van der Waals surface area (Å²) >= 11 is 0. The summed E-state index contributed by atoms with van der Waals surface area (Å²) in [6.45, 7) is 9.92. The van der Waals surface area contributed by atoms with Crippen LogP contribution in [-0.2, 0) is 9.59 Å². The fraction of sp³-hybridized carbons (Fsp3) is 0.846. The number of carboxylic acid groups (broad SMARTS) is 1. The van der Waals surface area contributed by atoms with Crippen molar-refractivity contribution >= 4 is 11.9 Å². The average molecular weight is 271 g/mol. The molecule has 1 heterocycles. The Morgan fingerprint density at radius 3 is 2.16 bits per heavy atom. The summed E-state index contributed by atoms with van der Waals surface area (Å²) in [5.41, 5.74) is 0. The zero-order chi connectivity index (χ0) is 14.3. The highest BCUT2D eigenvalue weighted by atomic mass is 16.4. The molecule has 0 atom stereocenters. The molecule has 1 fully saturated rings. The van der Waals surface area contributed by atoms with E-state index in [1.807, 2.05) is 4.90 Å². The molecule has 0 unspecified atom stereocenters. The van der Waals surface area contributed by atoms with Gasteiger partial charge in [0.15, 0.2) is 0 Å². The third-order valence-electron chi connectivity index (χ3n) is 3.62. The van der Waals surface area contributed by atoms with Crippen LogP contribution in [0.4, 0.5) is 0 Å². The second-order valence-electron chi connectivity index (χ2n) is 4.83. The molecule has 1 amide bonds. The molecule has 0 bridgehead atoms. The van der Waals surface area contributed by atoms with E-state index in [0.29, 0.717) is 26.2 Å². The van der Waals surface area contributed by atoms with Crippen molar-refractivity contribution in [2.75, 3.05) is 52.4 Å². The molecule has 0 radical (unpaired) electrons. The molecule has 19 heavy (non-hydrogen) atoms. The van der Waals surface area contributed by atoms with Crippen molar-refractivity contribution in [2.45, 2.75) is 20.3 Å². The average Bonchev–Trinajstić information content (AvgIpc) is 2.42. The largest absolute Gasteiger partial charge is 0.481 e. The normalized spacial score (nSPS) is 16.9. The van der Waals surface area contributed by atoms with Crippen LogP contribution in [0.2, 0.25) is 0 Å². The van der Waals surface area contributed by atoms with E-state index in [9.17, 15) is 9.59 Å². The van der Waals surface area contributed by atoms with Gasteiger partial charge in [0, 0.05) is 32.7 Å². The highest BCUT2D eigenvalue weighted by Crippen LogP contribution is 2.04. The Morgan fingerprint density at radius 2 is 1.68 bits per heavy atom. The minimum atomic E-state index is -0.764. The molecule has 1 saturated heterocycles. The third kappa shape index (κ3) is 5.57. The first-order chi connectivity index (χ1) is 9.06. The van der Waals surface area contributed by atoms with Crippen LogP contribution in [0.15, 0.2) is 0 Å². The number of nitrogens with zero attached hydrogens (tertiary/aromatic N) is 3. The Bertz CT molecular complexity index is 298. The molecule has 1 N–H and O–H groups in total. The molecule has 0 spiro atoms. The number of hydrogen-bond donors (Lipinski definition) is 1. The second kappa shape index (κ2) is 8.12. The molecule has 0 saturated carbocycles. The van der Waals surface area contributed by atoms with Crippen LogP contribution < -0.4 is 0 Å². The van der Waals surface area contributed by atoms with Gasteiger partial charge >= 0.3 is 5.97 Å². The third-order valence-corrected chi connectivity index (χ3v) is 3.62. The van der Waals surface area contributed by atoms with Gasteiger partial charge in [-0.2, -0.15) is 0 Å². The highest BCUT2D eigenvalue weighted by Gasteiger charge is 2.22. The van der Waals surface area contributed by atoms with Crippen molar-refractivity contribution in [3.8, 4) is 0 Å². The second-order valence-corrected chi connectivity index (χ2v) is 4.83. The Labute approximate surface area is 115 Å². The predicted molar refractivity (Wildman–Crippen MR) is 73.1 cm³/mol. The summed E-state index contributed by atoms with van der Waals surface area (Å²) < 4.78 is 0. The standard InChI is InChI=1S/C13H25N3O3/c1-3-14(4-2)11-12(17)16-9-7-15(8-10-16)6-5-13(18)19/h3-11H2,1-2H3,(H,18,19). The Balaban J connectivity index is 2.28. The van der Waals surface area contributed by atoms with Crippen LogP contribution in [-0.4, -0.2) is 84.0 Å². The van der Waals surface area contributed by atoms with Crippen molar-refractivity contribution in [2.24, 2.45) is 0 Å². The van der Waals surface area contributed by atoms with Crippen molar-refractivity contribution in [3.63, 3.8) is 0 Å². The van der Waals surface area contributed by atoms with Crippen molar-refractivity contribution in [1.82, 2.24) is 14.7 Å². The molecule has 1 rings (SSSR count). The van der Waals surface area contributed by atoms with E-state index >= 15 is 0 Å². The summed E-state index contributed by atoms with van der Waals surface area (Å²) in [5.74, 6) is -0.582. The van der Waals surface area contributed by atoms with Gasteiger partial charge in [0.2, 0.25) is 5.91 Å². The number of likely N-dealkylation sites (N-methyl/N-ethyl adjacent to an activating group) is 1. The predicted octanol–water partition coefficient (Wildman–Crippen LogP) is -0.0529. The summed E-state index contributed by atoms with van der Waals surface area (Å²) in [7, 11) is 0. The monoisotopic (exact) mass is 271 g/mol. The molecule has 1 aliphatic heterocycles. The number of hydrogen-bond acceptors (Lipinski definition) is 4. The van der Waals surface area contributed by atoms with E-state index in [0.717, 1.165) is 26.2 Å². The number of carbonyl (C=O) groups excluding carboxylic acids is 1. The maximum absolute atomic E-state index is 12.1. The van der Waals surface area contributed by atoms with Gasteiger partial charge in [-0.15, -0.1) is 0 Å². The van der Waals surface area contributed by atoms with Gasteiger partial charge in [-0.1, -0.05) is 13.8 Å². The van der Waals surface area contributed by atoms with Crippen LogP contribution in [0.25, 0.3) is 0 Å². The van der Waals surface area contributed by atoms with E-state index in [4.69, 9.17) is 5.11 Å². The Hall–Kier alpha value is -1.14. The fourth-order valence-electron chi connectivity index (χ4n) is 2.21. The maximum atomic E-state index is 12.1. The quantitative estimate of drug-likeness (QED) is 0.703. The zero-order valence-electron chi connectivity index (χ0n) is 12.0. The number of carbonyl (C=O) groups is 2. The molecule has 6 heteroatoms. The lowest BCUT2D eigenvalue weighted by Crippen LogP contribution is -2.51. The molecular weight excluding hydrogens is 246 g/mol. The molecule has 0 aromatic heterocycles. The lowest BCUT2D eigenvalue weighted by molar-refractivity contribution is -0.138. The first kappa shape index (κ1) is 15.9. The summed E-state index contributed by atoms with van der Waals surface area (Å²) in [6.07, 6.45) is 0.174. The van der Waals surface area contributed by atoms with Crippen LogP contribution in [0, 0.1) is 0 Å². The highest BCUT2D eigenvalue weighted by molar-refractivity contribution is 5.78. The fourth-order valence-corrected chi connectivity index (χ4v) is 2.21. The summed E-state index contributed by atoms with van der Waals surface area (Å²) in [5, 5.41) is 8.64. The number of aliphatic carboxylic acids is 1. The van der Waals surface area contributed by atoms with E-state index in [-0.39, 0.29) is 12.3 Å². The Morgan fingerprint density at radius 1 is 1.11 bits per heavy atom. The van der Waals surface area contributed by atoms with Gasteiger partial charge in [0.1, 0.15) is 0 Å². The minimum Gasteiger partial charge on any atom is -0.481 e. The van der Waals surface area contributed by atoms with Crippen molar-refractivity contribution in [1.29, 1.82) is 0 Å². The molecule has 0 aromatic rings. The van der Waals surface area contributed by atoms with E-state index < -0.39 is 5.97 Å². The smallest absolute Gasteiger partial charge is 0.304 e. The van der Waals surface area contributed by atoms with Crippen LogP contribution >= 0.6 is 0 Å². The number of amides is 1. The number of rotatable bonds is 7. The molecule has 0 aliphatic carbocycles. The zero-order valence-corrected chi connectivity index (χ0v) is 12.0. The lowest BCUT2D eigenvalue weighted by Gasteiger charge is -2.35. The topological polar surface area (TPSA) is 64.1 Å². The molecular formula is C13H25N3O3. The van der Waals surface area contributed by atoms with E-state index in [2.05, 4.69) is 23.6 Å². The van der Waals surface area contributed by atoms with E-state index in [1.54, 1.807) is 0 Å². The molecule has 6 nitrogen and oxygen atoms in total. The van der Waals surface area contributed by atoms with Crippen LogP contribution in [0.5, 0.6) is 0 Å². The number of carboxylic acids is 1. The summed E-state index contributed by atoms with van der Waals surface area (Å²) in [4.78, 5) is 28.7. The van der Waals surface area contributed by atoms with Crippen molar-refractivity contribution < 1.29 is 14.7 Å². The van der Waals surface area contributed by atoms with Gasteiger partial charge in [0.05, 0.1) is 13.0 Å². The molecule has 110 valence electrons. The lowest BCUT2D eigenvalue weighted by atomic mass is 10.2. The van der Waals surface area contributed by atoms with E-state index in [1.165, 1.54) is 0 Å². The summed E-state index contributed by atoms with van der Waals surface area (Å²) in [6, 6.07) is 0. The van der Waals surface area contributed by atoms with Crippen LogP contribution in [0.3, 0.4) is 0 Å². The first-order valence-corrected chi connectivity index (χ1v) is 7.01. The maximum Gasteiger partial charge on any atom is 0.304 e. The van der Waals surface area contributed by atoms with Crippen molar-refractivity contribution in [3.05, 3.63) is 0 Å². The molecule has 1 aliphatic rings. The minimum absolute atomic E-state index is 0.174. The van der Waals surface area contributed by atoms with Gasteiger partial charge in [-0.05, 0) is 13.1 Å². The van der Waals surface area contributed by atoms with Gasteiger partial charge < -0.3 is 10.0 Å². The molecule has 0 aromatic carbocycles. The van der Waals surface area contributed by atoms with Gasteiger partial charge in [0.25, 0.3) is 0 Å². The van der Waals surface area contributed by atoms with Gasteiger partial charge in [-0.25, -0.2) is 0 Å². The first-order valence-electron chi connectivity index (χ1n) is 7.01. The SMILES string of the molecule is CCN(CC)CC(=O)N1CCN(CCC(=O)O)CC1. The van der Waals surface area contributed by atoms with Gasteiger partial charge in [-0.3, -0.25) is 19.4 Å². The van der Waals surface area contributed by atoms with Crippen LogP contribution in [0.1, 0.15) is 20.3 Å². The number of piperazine rings is 1. The Kier molecular flexibility index (Phi) is 6.80.